The van der Waals surface area contributed by atoms with Gasteiger partial charge in [-0.25, -0.2) is 0 Å². The zero-order valence-electron chi connectivity index (χ0n) is 14.3. The predicted molar refractivity (Wildman–Crippen MR) is 93.6 cm³/mol. The van der Waals surface area contributed by atoms with Crippen LogP contribution in [0.5, 0.6) is 0 Å². The molecule has 0 aromatic carbocycles. The minimum Gasteiger partial charge on any atom is -0.481 e. The number of piperidine rings is 1. The van der Waals surface area contributed by atoms with Crippen LogP contribution in [0.2, 0.25) is 0 Å². The molecule has 2 amide bonds. The van der Waals surface area contributed by atoms with Crippen molar-refractivity contribution in [3.63, 3.8) is 0 Å². The fraction of sp³-hybridized carbons (Fsp3) is 0.588. The van der Waals surface area contributed by atoms with Crippen LogP contribution < -0.4 is 5.32 Å². The van der Waals surface area contributed by atoms with E-state index in [1.54, 1.807) is 16.3 Å². The molecule has 1 atom stereocenters. The first-order chi connectivity index (χ1) is 12.0. The summed E-state index contributed by atoms with van der Waals surface area (Å²) in [4.78, 5) is 37.4. The molecule has 1 aromatic rings. The number of likely N-dealkylation sites (tertiary alicyclic amines) is 1. The number of carbonyl (C=O) groups excluding carboxylic acids is 2. The SMILES string of the molecule is COCC1(C(=O)O)CCCN(C(=O)CCCNC(=O)c2ccsc2)C1. The maximum absolute atomic E-state index is 12.4. The number of hydrogen-bond acceptors (Lipinski definition) is 5. The third kappa shape index (κ3) is 5.02. The number of aliphatic carboxylic acids is 1. The van der Waals surface area contributed by atoms with Crippen molar-refractivity contribution < 1.29 is 24.2 Å². The van der Waals surface area contributed by atoms with Crippen molar-refractivity contribution in [3.05, 3.63) is 22.4 Å². The van der Waals surface area contributed by atoms with E-state index in [9.17, 15) is 19.5 Å². The Morgan fingerprint density at radius 2 is 2.24 bits per heavy atom. The minimum absolute atomic E-state index is 0.0776. The van der Waals surface area contributed by atoms with Crippen molar-refractivity contribution in [3.8, 4) is 0 Å². The van der Waals surface area contributed by atoms with Crippen molar-refractivity contribution in [1.82, 2.24) is 10.2 Å². The molecule has 0 saturated carbocycles. The van der Waals surface area contributed by atoms with Crippen LogP contribution in [0.1, 0.15) is 36.0 Å². The molecule has 2 N–H and O–H groups in total. The Bertz CT molecular complexity index is 600. The number of methoxy groups -OCH3 is 1. The molecule has 8 heteroatoms. The average Bonchev–Trinajstić information content (AvgIpc) is 3.13. The Hall–Kier alpha value is -1.93. The summed E-state index contributed by atoms with van der Waals surface area (Å²) in [7, 11) is 1.47. The summed E-state index contributed by atoms with van der Waals surface area (Å²) in [5, 5.41) is 15.9. The van der Waals surface area contributed by atoms with E-state index in [2.05, 4.69) is 5.32 Å². The average molecular weight is 368 g/mol. The number of ether oxygens (including phenoxy) is 1. The molecule has 1 fully saturated rings. The number of carboxylic acids is 1. The number of rotatable bonds is 8. The number of amides is 2. The Labute approximate surface area is 151 Å². The third-order valence-corrected chi connectivity index (χ3v) is 5.12. The fourth-order valence-corrected chi connectivity index (χ4v) is 3.71. The lowest BCUT2D eigenvalue weighted by Gasteiger charge is -2.39. The van der Waals surface area contributed by atoms with E-state index in [0.29, 0.717) is 37.9 Å². The van der Waals surface area contributed by atoms with E-state index >= 15 is 0 Å². The maximum atomic E-state index is 12.4. The van der Waals surface area contributed by atoms with Crippen LogP contribution in [-0.4, -0.2) is 61.1 Å². The molecule has 138 valence electrons. The Morgan fingerprint density at radius 1 is 1.44 bits per heavy atom. The van der Waals surface area contributed by atoms with Crippen molar-refractivity contribution in [1.29, 1.82) is 0 Å². The molecular formula is C17H24N2O5S. The van der Waals surface area contributed by atoms with E-state index in [0.717, 1.165) is 0 Å². The first-order valence-electron chi connectivity index (χ1n) is 8.29. The summed E-state index contributed by atoms with van der Waals surface area (Å²) in [6.07, 6.45) is 1.97. The van der Waals surface area contributed by atoms with Crippen LogP contribution in [0.25, 0.3) is 0 Å². The standard InChI is InChI=1S/C17H24N2O5S/c1-24-12-17(16(22)23)6-3-8-19(11-17)14(20)4-2-7-18-15(21)13-5-9-25-10-13/h5,9-10H,2-4,6-8,11-12H2,1H3,(H,18,21)(H,22,23). The highest BCUT2D eigenvalue weighted by atomic mass is 32.1. The molecule has 1 aliphatic heterocycles. The molecule has 0 bridgehead atoms. The number of hydrogen-bond donors (Lipinski definition) is 2. The molecule has 2 rings (SSSR count). The summed E-state index contributed by atoms with van der Waals surface area (Å²) >= 11 is 1.46. The molecule has 1 aromatic heterocycles. The molecule has 0 spiro atoms. The zero-order chi connectivity index (χ0) is 18.3. The quantitative estimate of drug-likeness (QED) is 0.680. The van der Waals surface area contributed by atoms with Gasteiger partial charge in [0.15, 0.2) is 0 Å². The van der Waals surface area contributed by atoms with Gasteiger partial charge in [-0.1, -0.05) is 0 Å². The summed E-state index contributed by atoms with van der Waals surface area (Å²) in [5.41, 5.74) is -0.395. The summed E-state index contributed by atoms with van der Waals surface area (Å²) < 4.78 is 5.07. The Morgan fingerprint density at radius 3 is 2.88 bits per heavy atom. The van der Waals surface area contributed by atoms with Crippen molar-refractivity contribution >= 4 is 29.1 Å². The summed E-state index contributed by atoms with van der Waals surface area (Å²) in [6.45, 7) is 1.26. The number of carboxylic acid groups (broad SMARTS) is 1. The molecule has 1 saturated heterocycles. The zero-order valence-corrected chi connectivity index (χ0v) is 15.1. The van der Waals surface area contributed by atoms with Crippen LogP contribution >= 0.6 is 11.3 Å². The number of thiophene rings is 1. The molecule has 1 unspecified atom stereocenters. The first-order valence-corrected chi connectivity index (χ1v) is 9.23. The van der Waals surface area contributed by atoms with Gasteiger partial charge >= 0.3 is 5.97 Å². The van der Waals surface area contributed by atoms with Gasteiger partial charge in [-0.3, -0.25) is 14.4 Å². The van der Waals surface area contributed by atoms with E-state index in [-0.39, 0.29) is 31.4 Å². The molecule has 0 aliphatic carbocycles. The first kappa shape index (κ1) is 19.4. The Balaban J connectivity index is 1.78. The van der Waals surface area contributed by atoms with Crippen LogP contribution in [-0.2, 0) is 14.3 Å². The van der Waals surface area contributed by atoms with E-state index in [1.165, 1.54) is 18.4 Å². The van der Waals surface area contributed by atoms with Crippen LogP contribution in [0.4, 0.5) is 0 Å². The van der Waals surface area contributed by atoms with Gasteiger partial charge in [-0.05, 0) is 30.7 Å². The lowest BCUT2D eigenvalue weighted by Crippen LogP contribution is -2.52. The highest BCUT2D eigenvalue weighted by molar-refractivity contribution is 7.08. The molecular weight excluding hydrogens is 344 g/mol. The lowest BCUT2D eigenvalue weighted by molar-refractivity contribution is -0.159. The normalized spacial score (nSPS) is 20.3. The van der Waals surface area contributed by atoms with E-state index in [4.69, 9.17) is 4.74 Å². The Kier molecular flexibility index (Phi) is 6.95. The third-order valence-electron chi connectivity index (χ3n) is 4.44. The predicted octanol–water partition coefficient (Wildman–Crippen LogP) is 1.60. The lowest BCUT2D eigenvalue weighted by atomic mass is 9.80. The van der Waals surface area contributed by atoms with Gasteiger partial charge in [0.05, 0.1) is 6.61 Å². The van der Waals surface area contributed by atoms with Crippen molar-refractivity contribution in [2.45, 2.75) is 25.7 Å². The van der Waals surface area contributed by atoms with Crippen molar-refractivity contribution in [2.75, 3.05) is 33.4 Å². The second-order valence-electron chi connectivity index (χ2n) is 6.31. The van der Waals surface area contributed by atoms with E-state index < -0.39 is 11.4 Å². The smallest absolute Gasteiger partial charge is 0.313 e. The summed E-state index contributed by atoms with van der Waals surface area (Å²) in [6, 6.07) is 1.75. The minimum atomic E-state index is -1.02. The molecule has 25 heavy (non-hydrogen) atoms. The second-order valence-corrected chi connectivity index (χ2v) is 7.09. The monoisotopic (exact) mass is 368 g/mol. The van der Waals surface area contributed by atoms with Gasteiger partial charge in [0, 0.05) is 44.1 Å². The maximum Gasteiger partial charge on any atom is 0.313 e. The van der Waals surface area contributed by atoms with Gasteiger partial charge < -0.3 is 20.1 Å². The van der Waals surface area contributed by atoms with Crippen LogP contribution in [0.15, 0.2) is 16.8 Å². The van der Waals surface area contributed by atoms with Gasteiger partial charge in [-0.15, -0.1) is 0 Å². The van der Waals surface area contributed by atoms with Gasteiger partial charge in [0.2, 0.25) is 5.91 Å². The number of nitrogens with one attached hydrogen (secondary N) is 1. The summed E-state index contributed by atoms with van der Waals surface area (Å²) in [5.74, 6) is -1.14. The number of nitrogens with zero attached hydrogens (tertiary/aromatic N) is 1. The van der Waals surface area contributed by atoms with Crippen LogP contribution in [0.3, 0.4) is 0 Å². The van der Waals surface area contributed by atoms with Gasteiger partial charge in [0.25, 0.3) is 5.91 Å². The largest absolute Gasteiger partial charge is 0.481 e. The van der Waals surface area contributed by atoms with Crippen molar-refractivity contribution in [2.24, 2.45) is 5.41 Å². The topological polar surface area (TPSA) is 95.9 Å². The highest BCUT2D eigenvalue weighted by Gasteiger charge is 2.43. The second kappa shape index (κ2) is 8.96. The van der Waals surface area contributed by atoms with Crippen LogP contribution in [0, 0.1) is 5.41 Å². The fourth-order valence-electron chi connectivity index (χ4n) is 3.07. The van der Waals surface area contributed by atoms with Gasteiger partial charge in [0.1, 0.15) is 5.41 Å². The molecule has 7 nitrogen and oxygen atoms in total. The van der Waals surface area contributed by atoms with Gasteiger partial charge in [-0.2, -0.15) is 11.3 Å². The molecule has 0 radical (unpaired) electrons. The molecule has 1 aliphatic rings. The van der Waals surface area contributed by atoms with E-state index in [1.807, 2.05) is 5.38 Å². The molecule has 2 heterocycles. The number of carbonyl (C=O) groups is 3. The highest BCUT2D eigenvalue weighted by Crippen LogP contribution is 2.31.